The third-order valence-electron chi connectivity index (χ3n) is 7.82. The number of nitrogens with zero attached hydrogens (tertiary/aromatic N) is 2. The number of aliphatic hydroxyl groups is 2. The Bertz CT molecular complexity index is 920. The molecule has 2 aromatic heterocycles. The maximum atomic E-state index is 13.0. The highest BCUT2D eigenvalue weighted by atomic mass is 16.5. The van der Waals surface area contributed by atoms with Crippen molar-refractivity contribution in [1.29, 1.82) is 0 Å². The number of aliphatic hydroxyl groups excluding tert-OH is 1. The van der Waals surface area contributed by atoms with Crippen molar-refractivity contribution >= 4 is 17.1 Å². The molecule has 2 bridgehead atoms. The van der Waals surface area contributed by atoms with Crippen molar-refractivity contribution in [3.63, 3.8) is 0 Å². The molecule has 0 amide bonds. The standard InChI is InChI=1S/C22H30N2O4/c1-5-6-12-28-19(26)24-16-8-7-11-23-15(16)13-17(24)22(27)18(25)14-9-10-21(22,4)20(14,2)3/h7-8,11,13-14,18,25,27H,5-6,9-10,12H2,1-4H3. The third-order valence-corrected chi connectivity index (χ3v) is 7.82. The van der Waals surface area contributed by atoms with Gasteiger partial charge in [0, 0.05) is 11.6 Å². The Morgan fingerprint density at radius 3 is 2.79 bits per heavy atom. The molecule has 0 aliphatic heterocycles. The van der Waals surface area contributed by atoms with E-state index in [0.717, 1.165) is 25.7 Å². The van der Waals surface area contributed by atoms with Crippen molar-refractivity contribution < 1.29 is 19.7 Å². The molecule has 2 saturated carbocycles. The molecule has 4 rings (SSSR count). The molecule has 2 heterocycles. The molecule has 0 aromatic carbocycles. The summed E-state index contributed by atoms with van der Waals surface area (Å²) in [4.78, 5) is 17.4. The van der Waals surface area contributed by atoms with E-state index in [9.17, 15) is 15.0 Å². The largest absolute Gasteiger partial charge is 0.449 e. The predicted octanol–water partition coefficient (Wildman–Crippen LogP) is 3.83. The van der Waals surface area contributed by atoms with Crippen molar-refractivity contribution in [3.05, 3.63) is 30.1 Å². The van der Waals surface area contributed by atoms with Crippen LogP contribution < -0.4 is 0 Å². The summed E-state index contributed by atoms with van der Waals surface area (Å²) < 4.78 is 6.90. The molecule has 6 nitrogen and oxygen atoms in total. The Labute approximate surface area is 165 Å². The highest BCUT2D eigenvalue weighted by molar-refractivity contribution is 5.89. The Morgan fingerprint density at radius 2 is 2.14 bits per heavy atom. The van der Waals surface area contributed by atoms with E-state index in [4.69, 9.17) is 4.74 Å². The van der Waals surface area contributed by atoms with Gasteiger partial charge in [0.2, 0.25) is 0 Å². The number of hydrogen-bond donors (Lipinski definition) is 2. The molecule has 4 atom stereocenters. The lowest BCUT2D eigenvalue weighted by molar-refractivity contribution is -0.158. The highest BCUT2D eigenvalue weighted by Crippen LogP contribution is 2.72. The Hall–Kier alpha value is -1.92. The van der Waals surface area contributed by atoms with Crippen LogP contribution in [0.4, 0.5) is 4.79 Å². The van der Waals surface area contributed by atoms with E-state index in [-0.39, 0.29) is 11.3 Å². The molecule has 0 spiro atoms. The molecule has 28 heavy (non-hydrogen) atoms. The van der Waals surface area contributed by atoms with E-state index >= 15 is 0 Å². The summed E-state index contributed by atoms with van der Waals surface area (Å²) in [6, 6.07) is 5.29. The third kappa shape index (κ3) is 2.22. The van der Waals surface area contributed by atoms with E-state index in [1.54, 1.807) is 24.4 Å². The maximum Gasteiger partial charge on any atom is 0.418 e. The Kier molecular flexibility index (Phi) is 4.36. The molecule has 2 aliphatic rings. The lowest BCUT2D eigenvalue weighted by Gasteiger charge is -2.46. The van der Waals surface area contributed by atoms with Crippen molar-refractivity contribution in [3.8, 4) is 0 Å². The Balaban J connectivity index is 1.90. The second kappa shape index (κ2) is 6.29. The number of unbranched alkanes of at least 4 members (excludes halogenated alkanes) is 1. The van der Waals surface area contributed by atoms with Crippen LogP contribution in [0.25, 0.3) is 11.0 Å². The number of pyridine rings is 1. The molecule has 6 heteroatoms. The van der Waals surface area contributed by atoms with Crippen molar-refractivity contribution in [1.82, 2.24) is 9.55 Å². The van der Waals surface area contributed by atoms with Gasteiger partial charge in [-0.15, -0.1) is 0 Å². The van der Waals surface area contributed by atoms with Gasteiger partial charge in [0.1, 0.15) is 5.60 Å². The fourth-order valence-corrected chi connectivity index (χ4v) is 5.70. The smallest absolute Gasteiger partial charge is 0.418 e. The normalized spacial score (nSPS) is 33.5. The van der Waals surface area contributed by atoms with E-state index < -0.39 is 23.2 Å². The average Bonchev–Trinajstić information content (AvgIpc) is 3.19. The summed E-state index contributed by atoms with van der Waals surface area (Å²) in [6.07, 6.45) is 3.53. The number of fused-ring (bicyclic) bond motifs is 3. The first kappa shape index (κ1) is 19.4. The quantitative estimate of drug-likeness (QED) is 0.780. The number of carbonyl (C=O) groups is 1. The van der Waals surface area contributed by atoms with Crippen LogP contribution in [0, 0.1) is 16.7 Å². The van der Waals surface area contributed by atoms with Crippen LogP contribution in [0.3, 0.4) is 0 Å². The van der Waals surface area contributed by atoms with Crippen molar-refractivity contribution in [2.24, 2.45) is 16.7 Å². The summed E-state index contributed by atoms with van der Waals surface area (Å²) in [5.74, 6) is -0.0296. The zero-order chi connectivity index (χ0) is 20.3. The number of aromatic nitrogens is 2. The minimum atomic E-state index is -1.55. The van der Waals surface area contributed by atoms with Gasteiger partial charge in [-0.2, -0.15) is 0 Å². The molecule has 0 radical (unpaired) electrons. The molecule has 152 valence electrons. The summed E-state index contributed by atoms with van der Waals surface area (Å²) in [5.41, 5.74) is -0.808. The van der Waals surface area contributed by atoms with Gasteiger partial charge in [-0.1, -0.05) is 34.1 Å². The lowest BCUT2D eigenvalue weighted by atomic mass is 9.63. The maximum absolute atomic E-state index is 13.0. The molecule has 2 fully saturated rings. The van der Waals surface area contributed by atoms with E-state index in [0.29, 0.717) is 23.3 Å². The first-order valence-corrected chi connectivity index (χ1v) is 10.2. The molecular weight excluding hydrogens is 356 g/mol. The van der Waals surface area contributed by atoms with Gasteiger partial charge in [0.25, 0.3) is 0 Å². The van der Waals surface area contributed by atoms with Gasteiger partial charge >= 0.3 is 6.09 Å². The first-order chi connectivity index (χ1) is 13.2. The highest BCUT2D eigenvalue weighted by Gasteiger charge is 2.74. The van der Waals surface area contributed by atoms with Gasteiger partial charge in [0.15, 0.2) is 0 Å². The number of hydrogen-bond acceptors (Lipinski definition) is 5. The van der Waals surface area contributed by atoms with Gasteiger partial charge in [-0.25, -0.2) is 9.36 Å². The summed E-state index contributed by atoms with van der Waals surface area (Å²) in [7, 11) is 0. The van der Waals surface area contributed by atoms with Crippen molar-refractivity contribution in [2.45, 2.75) is 65.1 Å². The molecule has 0 saturated heterocycles. The number of carbonyl (C=O) groups excluding carboxylic acids is 1. The summed E-state index contributed by atoms with van der Waals surface area (Å²) in [5, 5.41) is 23.2. The van der Waals surface area contributed by atoms with E-state index in [1.807, 2.05) is 13.8 Å². The van der Waals surface area contributed by atoms with Crippen LogP contribution in [0.1, 0.15) is 59.1 Å². The fraction of sp³-hybridized carbons (Fsp3) is 0.636. The lowest BCUT2D eigenvalue weighted by Crippen LogP contribution is -2.52. The van der Waals surface area contributed by atoms with Crippen LogP contribution in [-0.2, 0) is 10.3 Å². The predicted molar refractivity (Wildman–Crippen MR) is 106 cm³/mol. The van der Waals surface area contributed by atoms with Gasteiger partial charge in [0.05, 0.1) is 29.4 Å². The average molecular weight is 386 g/mol. The molecular formula is C22H30N2O4. The summed E-state index contributed by atoms with van der Waals surface area (Å²) in [6.45, 7) is 8.60. The molecule has 2 aromatic rings. The van der Waals surface area contributed by atoms with Crippen LogP contribution in [0.2, 0.25) is 0 Å². The van der Waals surface area contributed by atoms with Crippen LogP contribution >= 0.6 is 0 Å². The molecule has 2 N–H and O–H groups in total. The van der Waals surface area contributed by atoms with Gasteiger partial charge < -0.3 is 14.9 Å². The van der Waals surface area contributed by atoms with Gasteiger partial charge in [-0.3, -0.25) is 4.98 Å². The zero-order valence-electron chi connectivity index (χ0n) is 17.1. The fourth-order valence-electron chi connectivity index (χ4n) is 5.70. The minimum Gasteiger partial charge on any atom is -0.449 e. The second-order valence-corrected chi connectivity index (χ2v) is 9.15. The SMILES string of the molecule is CCCCOC(=O)n1c(C2(O)C(O)C3CCC2(C)C3(C)C)cc2ncccc21. The summed E-state index contributed by atoms with van der Waals surface area (Å²) >= 11 is 0. The number of ether oxygens (including phenoxy) is 1. The minimum absolute atomic E-state index is 0.0296. The second-order valence-electron chi connectivity index (χ2n) is 9.15. The van der Waals surface area contributed by atoms with Crippen LogP contribution in [-0.4, -0.2) is 38.6 Å². The molecule has 2 aliphatic carbocycles. The topological polar surface area (TPSA) is 84.6 Å². The Morgan fingerprint density at radius 1 is 1.39 bits per heavy atom. The van der Waals surface area contributed by atoms with Crippen LogP contribution in [0.5, 0.6) is 0 Å². The van der Waals surface area contributed by atoms with Gasteiger partial charge in [-0.05, 0) is 48.8 Å². The van der Waals surface area contributed by atoms with Crippen LogP contribution in [0.15, 0.2) is 24.4 Å². The monoisotopic (exact) mass is 386 g/mol. The number of rotatable bonds is 4. The zero-order valence-corrected chi connectivity index (χ0v) is 17.1. The van der Waals surface area contributed by atoms with E-state index in [1.165, 1.54) is 4.57 Å². The van der Waals surface area contributed by atoms with Crippen molar-refractivity contribution in [2.75, 3.05) is 6.61 Å². The molecule has 4 unspecified atom stereocenters. The van der Waals surface area contributed by atoms with E-state index in [2.05, 4.69) is 18.8 Å². The first-order valence-electron chi connectivity index (χ1n) is 10.2.